The quantitative estimate of drug-likeness (QED) is 0.174. The molecule has 0 saturated carbocycles. The van der Waals surface area contributed by atoms with Gasteiger partial charge in [0, 0.05) is 35.5 Å². The highest BCUT2D eigenvalue weighted by atomic mass is 35.5. The zero-order valence-corrected chi connectivity index (χ0v) is 23.6. The van der Waals surface area contributed by atoms with E-state index in [0.29, 0.717) is 16.4 Å². The molecule has 2 saturated heterocycles. The van der Waals surface area contributed by atoms with Crippen molar-refractivity contribution in [3.63, 3.8) is 0 Å². The molecule has 2 fully saturated rings. The number of benzene rings is 4. The van der Waals surface area contributed by atoms with Crippen molar-refractivity contribution in [3.8, 4) is 5.75 Å². The van der Waals surface area contributed by atoms with Crippen LogP contribution >= 0.6 is 11.6 Å². The zero-order chi connectivity index (χ0) is 29.4. The highest BCUT2D eigenvalue weighted by Gasteiger charge is 2.61. The molecule has 0 N–H and O–H groups in total. The molecule has 0 spiro atoms. The van der Waals surface area contributed by atoms with Crippen molar-refractivity contribution in [2.75, 3.05) is 16.3 Å². The van der Waals surface area contributed by atoms with E-state index in [-0.39, 0.29) is 48.3 Å². The van der Waals surface area contributed by atoms with Gasteiger partial charge in [0.1, 0.15) is 5.75 Å². The lowest BCUT2D eigenvalue weighted by molar-refractivity contribution is -0.139. The predicted molar refractivity (Wildman–Crippen MR) is 160 cm³/mol. The Bertz CT molecular complexity index is 1720. The molecular formula is C35H25ClN2O5. The van der Waals surface area contributed by atoms with Crippen molar-refractivity contribution in [3.05, 3.63) is 124 Å². The van der Waals surface area contributed by atoms with E-state index < -0.39 is 23.7 Å². The van der Waals surface area contributed by atoms with Gasteiger partial charge in [0.2, 0.25) is 17.7 Å². The first kappa shape index (κ1) is 25.9. The number of anilines is 2. The summed E-state index contributed by atoms with van der Waals surface area (Å²) in [4.78, 5) is 56.4. The van der Waals surface area contributed by atoms with Gasteiger partial charge >= 0.3 is 5.97 Å². The highest BCUT2D eigenvalue weighted by molar-refractivity contribution is 6.30. The van der Waals surface area contributed by atoms with E-state index in [9.17, 15) is 19.2 Å². The molecule has 7 nitrogen and oxygen atoms in total. The second-order valence-corrected chi connectivity index (χ2v) is 12.0. The van der Waals surface area contributed by atoms with Crippen molar-refractivity contribution in [1.29, 1.82) is 0 Å². The predicted octanol–water partition coefficient (Wildman–Crippen LogP) is 5.70. The Labute approximate surface area is 252 Å². The summed E-state index contributed by atoms with van der Waals surface area (Å²) < 4.78 is 5.62. The second kappa shape index (κ2) is 9.64. The first-order valence-electron chi connectivity index (χ1n) is 14.3. The summed E-state index contributed by atoms with van der Waals surface area (Å²) in [6.07, 6.45) is 0.0478. The monoisotopic (exact) mass is 588 g/mol. The van der Waals surface area contributed by atoms with Crippen molar-refractivity contribution >= 4 is 46.7 Å². The molecule has 0 radical (unpaired) electrons. The van der Waals surface area contributed by atoms with Crippen LogP contribution in [-0.4, -0.2) is 30.2 Å². The average molecular weight is 589 g/mol. The topological polar surface area (TPSA) is 84.0 Å². The van der Waals surface area contributed by atoms with E-state index in [1.54, 1.807) is 53.4 Å². The molecule has 2 bridgehead atoms. The number of nitrogens with zero attached hydrogens (tertiary/aromatic N) is 2. The summed E-state index contributed by atoms with van der Waals surface area (Å²) in [6.45, 7) is 0.212. The summed E-state index contributed by atoms with van der Waals surface area (Å²) >= 11 is 5.96. The highest BCUT2D eigenvalue weighted by Crippen LogP contribution is 2.61. The van der Waals surface area contributed by atoms with Crippen LogP contribution in [0.15, 0.2) is 97.1 Å². The SMILES string of the molecule is O=C(Oc1ccc(N2C(=O)[C@@H]3C4c5ccccc5C(c5ccccc54)[C@H]3C2=O)cc1)[C@H]1CC(=O)N(c2ccc(Cl)cc2)C1. The average Bonchev–Trinajstić information content (AvgIpc) is 3.55. The molecule has 0 unspecified atom stereocenters. The number of imide groups is 1. The Hall–Kier alpha value is -4.75. The minimum absolute atomic E-state index is 0.0478. The summed E-state index contributed by atoms with van der Waals surface area (Å²) in [7, 11) is 0. The Morgan fingerprint density at radius 3 is 1.67 bits per heavy atom. The fourth-order valence-electron chi connectivity index (χ4n) is 7.53. The number of amides is 3. The van der Waals surface area contributed by atoms with Gasteiger partial charge in [0.05, 0.1) is 23.4 Å². The van der Waals surface area contributed by atoms with Crippen molar-refractivity contribution in [1.82, 2.24) is 0 Å². The third-order valence-electron chi connectivity index (χ3n) is 9.36. The standard InChI is InChI=1S/C35H25ClN2O5/c36-20-9-11-21(12-10-20)37-18-19(17-28(37)39)35(42)43-23-15-13-22(14-16-23)38-33(40)31-29-24-5-1-2-6-25(24)30(32(31)34(38)41)27-8-4-3-7-26(27)29/h1-16,19,29-32H,17-18H2/t19-,29?,30?,31+,32+/m0/s1. The van der Waals surface area contributed by atoms with Crippen molar-refractivity contribution in [2.24, 2.45) is 17.8 Å². The van der Waals surface area contributed by atoms with Crippen LogP contribution in [0.1, 0.15) is 40.5 Å². The van der Waals surface area contributed by atoms with E-state index in [4.69, 9.17) is 16.3 Å². The van der Waals surface area contributed by atoms with Gasteiger partial charge in [0.25, 0.3) is 0 Å². The Morgan fingerprint density at radius 1 is 0.674 bits per heavy atom. The maximum atomic E-state index is 14.0. The van der Waals surface area contributed by atoms with Crippen LogP contribution in [0.3, 0.4) is 0 Å². The number of halogens is 1. The molecule has 4 aromatic carbocycles. The van der Waals surface area contributed by atoms with Crippen LogP contribution in [-0.2, 0) is 19.2 Å². The van der Waals surface area contributed by atoms with Gasteiger partial charge in [-0.05, 0) is 70.8 Å². The molecule has 212 valence electrons. The number of carbonyl (C=O) groups excluding carboxylic acids is 4. The normalized spacial score (nSPS) is 25.0. The van der Waals surface area contributed by atoms with Gasteiger partial charge in [-0.3, -0.25) is 19.2 Å². The summed E-state index contributed by atoms with van der Waals surface area (Å²) in [5.74, 6) is -2.71. The van der Waals surface area contributed by atoms with Crippen LogP contribution in [0.2, 0.25) is 5.02 Å². The van der Waals surface area contributed by atoms with E-state index in [1.165, 1.54) is 4.90 Å². The molecule has 4 aromatic rings. The number of ether oxygens (including phenoxy) is 1. The van der Waals surface area contributed by atoms with Gasteiger partial charge in [-0.15, -0.1) is 0 Å². The lowest BCUT2D eigenvalue weighted by Gasteiger charge is -2.45. The summed E-state index contributed by atoms with van der Waals surface area (Å²) in [6, 6.07) is 29.6. The largest absolute Gasteiger partial charge is 0.426 e. The zero-order valence-electron chi connectivity index (χ0n) is 22.9. The number of hydrogen-bond acceptors (Lipinski definition) is 5. The number of esters is 1. The molecule has 3 aliphatic carbocycles. The maximum absolute atomic E-state index is 14.0. The molecular weight excluding hydrogens is 564 g/mol. The fraction of sp³-hybridized carbons (Fsp3) is 0.200. The third kappa shape index (κ3) is 3.88. The minimum Gasteiger partial charge on any atom is -0.426 e. The molecule has 9 rings (SSSR count). The van der Waals surface area contributed by atoms with Crippen LogP contribution in [0.5, 0.6) is 5.75 Å². The number of rotatable bonds is 4. The van der Waals surface area contributed by atoms with Crippen LogP contribution in [0.4, 0.5) is 11.4 Å². The van der Waals surface area contributed by atoms with Crippen molar-refractivity contribution < 1.29 is 23.9 Å². The molecule has 2 heterocycles. The van der Waals surface area contributed by atoms with E-state index >= 15 is 0 Å². The number of hydrogen-bond donors (Lipinski definition) is 0. The molecule has 3 atom stereocenters. The molecule has 3 amide bonds. The van der Waals surface area contributed by atoms with E-state index in [1.807, 2.05) is 24.3 Å². The van der Waals surface area contributed by atoms with Gasteiger partial charge < -0.3 is 9.64 Å². The molecule has 8 heteroatoms. The lowest BCUT2D eigenvalue weighted by atomic mass is 9.55. The molecule has 2 aliphatic heterocycles. The van der Waals surface area contributed by atoms with Crippen molar-refractivity contribution in [2.45, 2.75) is 18.3 Å². The lowest BCUT2D eigenvalue weighted by Crippen LogP contribution is -2.41. The van der Waals surface area contributed by atoms with Gasteiger partial charge in [-0.1, -0.05) is 60.1 Å². The minimum atomic E-state index is -0.619. The molecule has 0 aromatic heterocycles. The van der Waals surface area contributed by atoms with E-state index in [2.05, 4.69) is 24.3 Å². The van der Waals surface area contributed by atoms with Gasteiger partial charge in [0.15, 0.2) is 0 Å². The Morgan fingerprint density at radius 2 is 1.16 bits per heavy atom. The smallest absolute Gasteiger partial charge is 0.316 e. The summed E-state index contributed by atoms with van der Waals surface area (Å²) in [5, 5.41) is 0.563. The first-order chi connectivity index (χ1) is 20.9. The Kier molecular flexibility index (Phi) is 5.81. The summed E-state index contributed by atoms with van der Waals surface area (Å²) in [5.41, 5.74) is 5.61. The fourth-order valence-corrected chi connectivity index (χ4v) is 7.66. The van der Waals surface area contributed by atoms with Crippen LogP contribution < -0.4 is 14.5 Å². The van der Waals surface area contributed by atoms with Crippen LogP contribution in [0, 0.1) is 17.8 Å². The maximum Gasteiger partial charge on any atom is 0.316 e. The third-order valence-corrected chi connectivity index (χ3v) is 9.61. The number of carbonyl (C=O) groups is 4. The van der Waals surface area contributed by atoms with Gasteiger partial charge in [-0.25, -0.2) is 4.90 Å². The van der Waals surface area contributed by atoms with Crippen LogP contribution in [0.25, 0.3) is 0 Å². The Balaban J connectivity index is 1.02. The van der Waals surface area contributed by atoms with Gasteiger partial charge in [-0.2, -0.15) is 0 Å². The molecule has 43 heavy (non-hydrogen) atoms. The molecule has 5 aliphatic rings. The van der Waals surface area contributed by atoms with E-state index in [0.717, 1.165) is 22.3 Å². The first-order valence-corrected chi connectivity index (χ1v) is 14.7. The second-order valence-electron chi connectivity index (χ2n) is 11.6.